The maximum absolute atomic E-state index is 12.4. The topological polar surface area (TPSA) is 58.2 Å². The zero-order chi connectivity index (χ0) is 16.3. The molecule has 1 saturated heterocycles. The average Bonchev–Trinajstić information content (AvgIpc) is 3.03. The highest BCUT2D eigenvalue weighted by molar-refractivity contribution is 5.83. The van der Waals surface area contributed by atoms with Crippen molar-refractivity contribution in [3.8, 4) is 0 Å². The molecule has 1 atom stereocenters. The van der Waals surface area contributed by atoms with Gasteiger partial charge in [-0.15, -0.1) is 0 Å². The lowest BCUT2D eigenvalue weighted by atomic mass is 9.78. The average molecular weight is 314 g/mol. The third kappa shape index (κ3) is 3.57. The second kappa shape index (κ2) is 6.73. The summed E-state index contributed by atoms with van der Waals surface area (Å²) >= 11 is 0. The van der Waals surface area contributed by atoms with Crippen LogP contribution in [0.1, 0.15) is 49.7 Å². The quantitative estimate of drug-likeness (QED) is 0.897. The molecule has 0 aromatic heterocycles. The van der Waals surface area contributed by atoms with Crippen LogP contribution in [0.5, 0.6) is 0 Å². The fraction of sp³-hybridized carbons (Fsp3) is 0.579. The number of hydrogen-bond acceptors (Lipinski definition) is 2. The molecular formula is C19H26N2O2. The molecule has 1 saturated carbocycles. The zero-order valence-electron chi connectivity index (χ0n) is 13.9. The van der Waals surface area contributed by atoms with E-state index in [9.17, 15) is 9.59 Å². The van der Waals surface area contributed by atoms with Crippen LogP contribution in [-0.2, 0) is 15.0 Å². The number of carbonyl (C=O) groups excluding carboxylic acids is 2. The summed E-state index contributed by atoms with van der Waals surface area (Å²) in [6.07, 6.45) is 5.85. The van der Waals surface area contributed by atoms with Crippen LogP contribution >= 0.6 is 0 Å². The Morgan fingerprint density at radius 1 is 1.35 bits per heavy atom. The molecule has 2 fully saturated rings. The number of rotatable bonds is 4. The monoisotopic (exact) mass is 314 g/mol. The van der Waals surface area contributed by atoms with Gasteiger partial charge in [-0.3, -0.25) is 9.59 Å². The van der Waals surface area contributed by atoms with Crippen LogP contribution in [0.4, 0.5) is 0 Å². The van der Waals surface area contributed by atoms with Crippen LogP contribution in [0.3, 0.4) is 0 Å². The Labute approximate surface area is 138 Å². The van der Waals surface area contributed by atoms with Gasteiger partial charge in [0, 0.05) is 24.9 Å². The van der Waals surface area contributed by atoms with E-state index in [1.54, 1.807) is 0 Å². The first-order valence-corrected chi connectivity index (χ1v) is 8.71. The molecular weight excluding hydrogens is 288 g/mol. The van der Waals surface area contributed by atoms with Crippen molar-refractivity contribution < 1.29 is 9.59 Å². The van der Waals surface area contributed by atoms with Crippen molar-refractivity contribution in [3.05, 3.63) is 35.4 Å². The minimum Gasteiger partial charge on any atom is -0.355 e. The van der Waals surface area contributed by atoms with Gasteiger partial charge in [0.15, 0.2) is 0 Å². The van der Waals surface area contributed by atoms with E-state index in [2.05, 4.69) is 41.8 Å². The van der Waals surface area contributed by atoms with Gasteiger partial charge in [-0.1, -0.05) is 42.7 Å². The number of carbonyl (C=O) groups is 2. The fourth-order valence-electron chi connectivity index (χ4n) is 3.95. The second-order valence-electron chi connectivity index (χ2n) is 7.11. The van der Waals surface area contributed by atoms with Crippen molar-refractivity contribution in [2.45, 2.75) is 50.9 Å². The molecule has 0 bridgehead atoms. The molecule has 4 heteroatoms. The van der Waals surface area contributed by atoms with E-state index in [0.29, 0.717) is 25.9 Å². The van der Waals surface area contributed by atoms with E-state index < -0.39 is 0 Å². The Bertz CT molecular complexity index is 581. The van der Waals surface area contributed by atoms with Crippen LogP contribution < -0.4 is 10.6 Å². The highest BCUT2D eigenvalue weighted by Crippen LogP contribution is 2.40. The number of piperidine rings is 1. The standard InChI is InChI=1S/C19H26N2O2/c1-14-5-4-6-16(11-14)19(9-2-3-10-19)13-21-18(23)15-7-8-17(22)20-12-15/h4-6,11,15H,2-3,7-10,12-13H2,1H3,(H,20,22)(H,21,23)/t15-/m0/s1. The lowest BCUT2D eigenvalue weighted by Gasteiger charge is -2.31. The highest BCUT2D eigenvalue weighted by atomic mass is 16.2. The largest absolute Gasteiger partial charge is 0.355 e. The van der Waals surface area contributed by atoms with E-state index in [0.717, 1.165) is 12.8 Å². The summed E-state index contributed by atoms with van der Waals surface area (Å²) in [5.74, 6) is 0.0636. The number of aryl methyl sites for hydroxylation is 1. The van der Waals surface area contributed by atoms with Crippen molar-refractivity contribution in [3.63, 3.8) is 0 Å². The molecule has 1 heterocycles. The van der Waals surface area contributed by atoms with Gasteiger partial charge in [-0.25, -0.2) is 0 Å². The normalized spacial score (nSPS) is 23.3. The van der Waals surface area contributed by atoms with Gasteiger partial charge in [-0.05, 0) is 31.7 Å². The molecule has 1 aliphatic carbocycles. The molecule has 0 spiro atoms. The van der Waals surface area contributed by atoms with Gasteiger partial charge in [0.1, 0.15) is 0 Å². The third-order valence-electron chi connectivity index (χ3n) is 5.43. The maximum Gasteiger partial charge on any atom is 0.224 e. The van der Waals surface area contributed by atoms with Crippen molar-refractivity contribution in [1.29, 1.82) is 0 Å². The molecule has 0 unspecified atom stereocenters. The number of amides is 2. The van der Waals surface area contributed by atoms with Crippen molar-refractivity contribution >= 4 is 11.8 Å². The van der Waals surface area contributed by atoms with E-state index >= 15 is 0 Å². The lowest BCUT2D eigenvalue weighted by molar-refractivity contribution is -0.129. The third-order valence-corrected chi connectivity index (χ3v) is 5.43. The number of hydrogen-bond donors (Lipinski definition) is 2. The molecule has 0 radical (unpaired) electrons. The molecule has 3 rings (SSSR count). The van der Waals surface area contributed by atoms with E-state index in [1.807, 2.05) is 0 Å². The van der Waals surface area contributed by atoms with E-state index in [1.165, 1.54) is 24.0 Å². The molecule has 1 aromatic carbocycles. The Morgan fingerprint density at radius 2 is 2.13 bits per heavy atom. The summed E-state index contributed by atoms with van der Waals surface area (Å²) in [6, 6.07) is 8.70. The fourth-order valence-corrected chi connectivity index (χ4v) is 3.95. The van der Waals surface area contributed by atoms with Gasteiger partial charge in [0.25, 0.3) is 0 Å². The van der Waals surface area contributed by atoms with Crippen LogP contribution in [0.15, 0.2) is 24.3 Å². The first kappa shape index (κ1) is 16.0. The number of benzene rings is 1. The summed E-state index contributed by atoms with van der Waals surface area (Å²) in [7, 11) is 0. The Balaban J connectivity index is 1.66. The molecule has 2 aliphatic rings. The first-order valence-electron chi connectivity index (χ1n) is 8.71. The molecule has 1 aliphatic heterocycles. The molecule has 2 amide bonds. The van der Waals surface area contributed by atoms with Crippen molar-refractivity contribution in [2.75, 3.05) is 13.1 Å². The maximum atomic E-state index is 12.4. The minimum absolute atomic E-state index is 0.0565. The number of nitrogens with one attached hydrogen (secondary N) is 2. The van der Waals surface area contributed by atoms with Crippen LogP contribution in [0.25, 0.3) is 0 Å². The summed E-state index contributed by atoms with van der Waals surface area (Å²) in [4.78, 5) is 23.7. The van der Waals surface area contributed by atoms with Gasteiger partial charge in [-0.2, -0.15) is 0 Å². The molecule has 23 heavy (non-hydrogen) atoms. The SMILES string of the molecule is Cc1cccc(C2(CNC(=O)[C@H]3CCC(=O)NC3)CCCC2)c1. The molecule has 4 nitrogen and oxygen atoms in total. The van der Waals surface area contributed by atoms with Crippen LogP contribution in [-0.4, -0.2) is 24.9 Å². The Morgan fingerprint density at radius 3 is 2.78 bits per heavy atom. The predicted molar refractivity (Wildman–Crippen MR) is 90.1 cm³/mol. The lowest BCUT2D eigenvalue weighted by Crippen LogP contribution is -2.46. The Kier molecular flexibility index (Phi) is 4.69. The first-order chi connectivity index (χ1) is 11.1. The van der Waals surface area contributed by atoms with Crippen molar-refractivity contribution in [1.82, 2.24) is 10.6 Å². The second-order valence-corrected chi connectivity index (χ2v) is 7.11. The summed E-state index contributed by atoms with van der Waals surface area (Å²) in [6.45, 7) is 3.30. The predicted octanol–water partition coefficient (Wildman–Crippen LogP) is 2.45. The summed E-state index contributed by atoms with van der Waals surface area (Å²) < 4.78 is 0. The van der Waals surface area contributed by atoms with Crippen LogP contribution in [0, 0.1) is 12.8 Å². The van der Waals surface area contributed by atoms with Gasteiger partial charge in [0.2, 0.25) is 11.8 Å². The summed E-state index contributed by atoms with van der Waals surface area (Å²) in [5, 5.41) is 5.97. The smallest absolute Gasteiger partial charge is 0.224 e. The summed E-state index contributed by atoms with van der Waals surface area (Å²) in [5.41, 5.74) is 2.71. The molecule has 1 aromatic rings. The highest BCUT2D eigenvalue weighted by Gasteiger charge is 2.36. The molecule has 2 N–H and O–H groups in total. The van der Waals surface area contributed by atoms with E-state index in [4.69, 9.17) is 0 Å². The zero-order valence-corrected chi connectivity index (χ0v) is 13.9. The minimum atomic E-state index is -0.0799. The Hall–Kier alpha value is -1.84. The van der Waals surface area contributed by atoms with Crippen LogP contribution in [0.2, 0.25) is 0 Å². The molecule has 124 valence electrons. The van der Waals surface area contributed by atoms with Crippen molar-refractivity contribution in [2.24, 2.45) is 5.92 Å². The van der Waals surface area contributed by atoms with Gasteiger partial charge < -0.3 is 10.6 Å². The van der Waals surface area contributed by atoms with Gasteiger partial charge in [0.05, 0.1) is 5.92 Å². The van der Waals surface area contributed by atoms with Gasteiger partial charge >= 0.3 is 0 Å². The van der Waals surface area contributed by atoms with E-state index in [-0.39, 0.29) is 23.1 Å².